The minimum Gasteiger partial charge on any atom is -0.287 e. The molecule has 0 spiro atoms. The summed E-state index contributed by atoms with van der Waals surface area (Å²) in [7, 11) is 0. The molecule has 4 aromatic carbocycles. The first-order valence-electron chi connectivity index (χ1n) is 13.0. The predicted molar refractivity (Wildman–Crippen MR) is 155 cm³/mol. The number of azo groups is 2. The van der Waals surface area contributed by atoms with Crippen molar-refractivity contribution in [1.29, 1.82) is 0 Å². The van der Waals surface area contributed by atoms with E-state index in [4.69, 9.17) is 9.98 Å². The summed E-state index contributed by atoms with van der Waals surface area (Å²) in [5.41, 5.74) is 5.42. The molecule has 6 nitrogen and oxygen atoms in total. The van der Waals surface area contributed by atoms with Gasteiger partial charge < -0.3 is 0 Å². The van der Waals surface area contributed by atoms with Gasteiger partial charge in [0.2, 0.25) is 0 Å². The monoisotopic (exact) mass is 498 g/mol. The molecule has 4 aromatic rings. The van der Waals surface area contributed by atoms with Crippen molar-refractivity contribution in [3.63, 3.8) is 0 Å². The molecular formula is C32H30N6. The molecule has 0 aromatic heterocycles. The van der Waals surface area contributed by atoms with E-state index in [0.29, 0.717) is 0 Å². The van der Waals surface area contributed by atoms with E-state index in [1.165, 1.54) is 12.8 Å². The van der Waals surface area contributed by atoms with Crippen LogP contribution in [0, 0.1) is 0 Å². The highest BCUT2D eigenvalue weighted by Gasteiger charge is 2.23. The third kappa shape index (κ3) is 7.46. The van der Waals surface area contributed by atoms with E-state index < -0.39 is 0 Å². The summed E-state index contributed by atoms with van der Waals surface area (Å²) < 4.78 is 0. The molecule has 38 heavy (non-hydrogen) atoms. The first-order valence-corrected chi connectivity index (χ1v) is 13.0. The molecule has 0 amide bonds. The van der Waals surface area contributed by atoms with E-state index in [9.17, 15) is 0 Å². The van der Waals surface area contributed by atoms with Crippen LogP contribution < -0.4 is 0 Å². The summed E-state index contributed by atoms with van der Waals surface area (Å²) in [5.74, 6) is 0. The molecular weight excluding hydrogens is 468 g/mol. The standard InChI is InChI=1S/C32H30N6/c1-3-9-27(10-4-1)35-37-29-19-15-25(16-20-29)23-33-31-13-7-8-14-32(31)34-24-26-17-21-30(22-18-26)38-36-28-11-5-2-6-12-28/h1-6,9-12,15-24,31-32H,7-8,13-14H2/t31-,32-/m0/s1. The van der Waals surface area contributed by atoms with Gasteiger partial charge in [-0.15, -0.1) is 0 Å². The minimum atomic E-state index is 0.191. The van der Waals surface area contributed by atoms with Crippen molar-refractivity contribution in [3.05, 3.63) is 120 Å². The molecule has 0 N–H and O–H groups in total. The molecule has 0 radical (unpaired) electrons. The minimum absolute atomic E-state index is 0.191. The fourth-order valence-corrected chi connectivity index (χ4v) is 4.28. The maximum atomic E-state index is 4.92. The molecule has 5 rings (SSSR count). The van der Waals surface area contributed by atoms with Crippen LogP contribution in [0.3, 0.4) is 0 Å². The van der Waals surface area contributed by atoms with Gasteiger partial charge in [0.15, 0.2) is 0 Å². The van der Waals surface area contributed by atoms with Crippen LogP contribution in [0.1, 0.15) is 36.8 Å². The lowest BCUT2D eigenvalue weighted by atomic mass is 9.91. The van der Waals surface area contributed by atoms with Crippen molar-refractivity contribution in [1.82, 2.24) is 0 Å². The van der Waals surface area contributed by atoms with E-state index in [0.717, 1.165) is 46.7 Å². The summed E-state index contributed by atoms with van der Waals surface area (Å²) in [6.45, 7) is 0. The number of aliphatic imine (C=N–C) groups is 2. The Bertz CT molecular complexity index is 1280. The lowest BCUT2D eigenvalue weighted by Gasteiger charge is -2.25. The largest absolute Gasteiger partial charge is 0.287 e. The molecule has 6 heteroatoms. The number of rotatable bonds is 8. The predicted octanol–water partition coefficient (Wildman–Crippen LogP) is 9.37. The van der Waals surface area contributed by atoms with Crippen LogP contribution in [0.4, 0.5) is 22.7 Å². The van der Waals surface area contributed by atoms with Crippen LogP contribution in [0.25, 0.3) is 0 Å². The van der Waals surface area contributed by atoms with Gasteiger partial charge in [0, 0.05) is 12.4 Å². The molecule has 0 saturated heterocycles. The lowest BCUT2D eigenvalue weighted by Crippen LogP contribution is -2.27. The van der Waals surface area contributed by atoms with E-state index in [1.807, 2.05) is 122 Å². The Kier molecular flexibility index (Phi) is 8.65. The average molecular weight is 499 g/mol. The van der Waals surface area contributed by atoms with Gasteiger partial charge in [-0.05, 0) is 72.5 Å². The fraction of sp³-hybridized carbons (Fsp3) is 0.188. The van der Waals surface area contributed by atoms with Gasteiger partial charge in [0.25, 0.3) is 0 Å². The van der Waals surface area contributed by atoms with Gasteiger partial charge in [-0.2, -0.15) is 20.5 Å². The molecule has 0 heterocycles. The zero-order valence-corrected chi connectivity index (χ0v) is 21.2. The molecule has 2 atom stereocenters. The van der Waals surface area contributed by atoms with Crippen molar-refractivity contribution < 1.29 is 0 Å². The maximum absolute atomic E-state index is 4.92. The summed E-state index contributed by atoms with van der Waals surface area (Å²) in [4.78, 5) is 9.83. The quantitative estimate of drug-likeness (QED) is 0.171. The molecule has 1 aliphatic carbocycles. The summed E-state index contributed by atoms with van der Waals surface area (Å²) in [5, 5.41) is 17.2. The SMILES string of the molecule is C(=N[C@H]1CCCC[C@@H]1N=Cc1ccc(N=Nc2ccccc2)cc1)c1ccc(N=Nc2ccccc2)cc1. The summed E-state index contributed by atoms with van der Waals surface area (Å²) >= 11 is 0. The second-order valence-electron chi connectivity index (χ2n) is 9.23. The normalized spacial score (nSPS) is 18.2. The molecule has 1 aliphatic rings. The third-order valence-corrected chi connectivity index (χ3v) is 6.38. The van der Waals surface area contributed by atoms with Crippen molar-refractivity contribution in [2.24, 2.45) is 30.4 Å². The van der Waals surface area contributed by atoms with Crippen LogP contribution in [-0.2, 0) is 0 Å². The van der Waals surface area contributed by atoms with E-state index in [-0.39, 0.29) is 12.1 Å². The first kappa shape index (κ1) is 25.1. The lowest BCUT2D eigenvalue weighted by molar-refractivity contribution is 0.390. The molecule has 0 aliphatic heterocycles. The Labute approximate surface area is 223 Å². The zero-order valence-electron chi connectivity index (χ0n) is 21.2. The summed E-state index contributed by atoms with van der Waals surface area (Å²) in [6, 6.07) is 35.8. The Morgan fingerprint density at radius 2 is 0.763 bits per heavy atom. The highest BCUT2D eigenvalue weighted by molar-refractivity contribution is 5.81. The number of nitrogens with zero attached hydrogens (tertiary/aromatic N) is 6. The van der Waals surface area contributed by atoms with Crippen molar-refractivity contribution >= 4 is 35.2 Å². The Balaban J connectivity index is 1.18. The van der Waals surface area contributed by atoms with Crippen LogP contribution in [-0.4, -0.2) is 24.5 Å². The third-order valence-electron chi connectivity index (χ3n) is 6.38. The van der Waals surface area contributed by atoms with Crippen LogP contribution in [0.15, 0.2) is 140 Å². The van der Waals surface area contributed by atoms with Crippen molar-refractivity contribution in [2.45, 2.75) is 37.8 Å². The Hall–Kier alpha value is -4.58. The Morgan fingerprint density at radius 1 is 0.421 bits per heavy atom. The topological polar surface area (TPSA) is 74.2 Å². The molecule has 0 unspecified atom stereocenters. The van der Waals surface area contributed by atoms with Crippen LogP contribution in [0.2, 0.25) is 0 Å². The van der Waals surface area contributed by atoms with Gasteiger partial charge in [-0.3, -0.25) is 9.98 Å². The fourth-order valence-electron chi connectivity index (χ4n) is 4.28. The average Bonchev–Trinajstić information content (AvgIpc) is 2.99. The summed E-state index contributed by atoms with van der Waals surface area (Å²) in [6.07, 6.45) is 8.41. The van der Waals surface area contributed by atoms with Crippen molar-refractivity contribution in [2.75, 3.05) is 0 Å². The second-order valence-corrected chi connectivity index (χ2v) is 9.23. The molecule has 1 fully saturated rings. The molecule has 0 bridgehead atoms. The highest BCUT2D eigenvalue weighted by atomic mass is 15.1. The molecule has 188 valence electrons. The van der Waals surface area contributed by atoms with Gasteiger partial charge in [-0.25, -0.2) is 0 Å². The van der Waals surface area contributed by atoms with Crippen LogP contribution >= 0.6 is 0 Å². The smallest absolute Gasteiger partial charge is 0.0857 e. The van der Waals surface area contributed by atoms with Gasteiger partial charge in [0.05, 0.1) is 34.8 Å². The number of benzene rings is 4. The van der Waals surface area contributed by atoms with Gasteiger partial charge in [0.1, 0.15) is 0 Å². The van der Waals surface area contributed by atoms with E-state index >= 15 is 0 Å². The number of hydrogen-bond acceptors (Lipinski definition) is 6. The Morgan fingerprint density at radius 3 is 1.13 bits per heavy atom. The maximum Gasteiger partial charge on any atom is 0.0857 e. The number of hydrogen-bond donors (Lipinski definition) is 0. The van der Waals surface area contributed by atoms with E-state index in [1.54, 1.807) is 0 Å². The van der Waals surface area contributed by atoms with Crippen molar-refractivity contribution in [3.8, 4) is 0 Å². The molecule has 1 saturated carbocycles. The zero-order chi connectivity index (χ0) is 25.8. The van der Waals surface area contributed by atoms with Gasteiger partial charge in [-0.1, -0.05) is 73.5 Å². The van der Waals surface area contributed by atoms with E-state index in [2.05, 4.69) is 20.5 Å². The first-order chi connectivity index (χ1) is 18.8. The van der Waals surface area contributed by atoms with Gasteiger partial charge >= 0.3 is 0 Å². The second kappa shape index (κ2) is 13.1. The highest BCUT2D eigenvalue weighted by Crippen LogP contribution is 2.25. The van der Waals surface area contributed by atoms with Crippen LogP contribution in [0.5, 0.6) is 0 Å².